The first-order valence-electron chi connectivity index (χ1n) is 11.0. The van der Waals surface area contributed by atoms with E-state index in [2.05, 4.69) is 5.32 Å². The van der Waals surface area contributed by atoms with Crippen LogP contribution in [-0.4, -0.2) is 23.4 Å². The second kappa shape index (κ2) is 10.1. The fourth-order valence-corrected chi connectivity index (χ4v) is 5.13. The SMILES string of the molecule is CCOC(=O)c1c(NC(=O)c2ccc(COc3ccc(C)cc3[N+](=O)[O-])o2)sc2c1CCCC2. The maximum absolute atomic E-state index is 12.8. The van der Waals surface area contributed by atoms with Gasteiger partial charge in [0.15, 0.2) is 11.5 Å². The van der Waals surface area contributed by atoms with Crippen LogP contribution in [0.25, 0.3) is 0 Å². The Morgan fingerprint density at radius 2 is 2.00 bits per heavy atom. The van der Waals surface area contributed by atoms with Gasteiger partial charge < -0.3 is 19.2 Å². The molecule has 0 atom stereocenters. The summed E-state index contributed by atoms with van der Waals surface area (Å²) < 4.78 is 16.4. The Morgan fingerprint density at radius 1 is 1.21 bits per heavy atom. The van der Waals surface area contributed by atoms with Crippen LogP contribution >= 0.6 is 11.3 Å². The topological polar surface area (TPSA) is 121 Å². The number of anilines is 1. The highest BCUT2D eigenvalue weighted by Gasteiger charge is 2.28. The Labute approximate surface area is 199 Å². The van der Waals surface area contributed by atoms with Crippen LogP contribution in [0.4, 0.5) is 10.7 Å². The molecule has 0 saturated heterocycles. The molecule has 2 heterocycles. The average molecular weight is 485 g/mol. The number of fused-ring (bicyclic) bond motifs is 1. The highest BCUT2D eigenvalue weighted by Crippen LogP contribution is 2.39. The van der Waals surface area contributed by atoms with Crippen LogP contribution < -0.4 is 10.1 Å². The number of nitro benzene ring substituents is 1. The third-order valence-corrected chi connectivity index (χ3v) is 6.65. The highest BCUT2D eigenvalue weighted by atomic mass is 32.1. The number of benzene rings is 1. The molecular weight excluding hydrogens is 460 g/mol. The van der Waals surface area contributed by atoms with Gasteiger partial charge in [0.25, 0.3) is 5.91 Å². The van der Waals surface area contributed by atoms with E-state index in [1.165, 1.54) is 29.5 Å². The summed E-state index contributed by atoms with van der Waals surface area (Å²) in [7, 11) is 0. The number of furan rings is 1. The van der Waals surface area contributed by atoms with Gasteiger partial charge in [-0.25, -0.2) is 4.79 Å². The van der Waals surface area contributed by atoms with Gasteiger partial charge in [-0.1, -0.05) is 6.07 Å². The smallest absolute Gasteiger partial charge is 0.341 e. The zero-order valence-electron chi connectivity index (χ0n) is 18.8. The first-order chi connectivity index (χ1) is 16.4. The Kier molecular flexibility index (Phi) is 6.97. The number of aryl methyl sites for hydroxylation is 2. The van der Waals surface area contributed by atoms with Crippen LogP contribution in [-0.2, 0) is 24.2 Å². The summed E-state index contributed by atoms with van der Waals surface area (Å²) in [6.45, 7) is 3.66. The van der Waals surface area contributed by atoms with Crippen molar-refractivity contribution in [2.45, 2.75) is 46.1 Å². The molecule has 4 rings (SSSR count). The van der Waals surface area contributed by atoms with Crippen molar-refractivity contribution < 1.29 is 28.4 Å². The summed E-state index contributed by atoms with van der Waals surface area (Å²) in [4.78, 5) is 37.3. The van der Waals surface area contributed by atoms with E-state index >= 15 is 0 Å². The van der Waals surface area contributed by atoms with E-state index in [1.54, 1.807) is 26.0 Å². The summed E-state index contributed by atoms with van der Waals surface area (Å²) in [5, 5.41) is 14.5. The van der Waals surface area contributed by atoms with Crippen molar-refractivity contribution in [3.05, 3.63) is 73.5 Å². The number of nitro groups is 1. The van der Waals surface area contributed by atoms with Crippen LogP contribution in [0, 0.1) is 17.0 Å². The van der Waals surface area contributed by atoms with Crippen LogP contribution in [0.2, 0.25) is 0 Å². The van der Waals surface area contributed by atoms with Crippen molar-refractivity contribution in [1.82, 2.24) is 0 Å². The number of rotatable bonds is 8. The zero-order valence-corrected chi connectivity index (χ0v) is 19.7. The fourth-order valence-electron chi connectivity index (χ4n) is 3.86. The van der Waals surface area contributed by atoms with E-state index in [0.717, 1.165) is 41.7 Å². The Bertz CT molecular complexity index is 1240. The van der Waals surface area contributed by atoms with Crippen molar-refractivity contribution in [1.29, 1.82) is 0 Å². The summed E-state index contributed by atoms with van der Waals surface area (Å²) in [6, 6.07) is 7.73. The fraction of sp³-hybridized carbons (Fsp3) is 0.333. The quantitative estimate of drug-likeness (QED) is 0.256. The molecule has 2 aromatic heterocycles. The molecule has 3 aromatic rings. The van der Waals surface area contributed by atoms with E-state index in [9.17, 15) is 19.7 Å². The number of nitrogens with one attached hydrogen (secondary N) is 1. The lowest BCUT2D eigenvalue weighted by atomic mass is 9.95. The van der Waals surface area contributed by atoms with Crippen molar-refractivity contribution in [2.24, 2.45) is 0 Å². The van der Waals surface area contributed by atoms with Crippen LogP contribution in [0.5, 0.6) is 5.75 Å². The van der Waals surface area contributed by atoms with E-state index in [4.69, 9.17) is 13.9 Å². The number of carbonyl (C=O) groups is 2. The number of carbonyl (C=O) groups excluding carboxylic acids is 2. The van der Waals surface area contributed by atoms with Crippen molar-refractivity contribution in [2.75, 3.05) is 11.9 Å². The summed E-state index contributed by atoms with van der Waals surface area (Å²) in [5.74, 6) is -0.460. The van der Waals surface area contributed by atoms with Crippen LogP contribution in [0.15, 0.2) is 34.7 Å². The normalized spacial score (nSPS) is 12.6. The molecule has 0 fully saturated rings. The Morgan fingerprint density at radius 3 is 2.76 bits per heavy atom. The van der Waals surface area contributed by atoms with Gasteiger partial charge in [-0.2, -0.15) is 0 Å². The molecule has 0 saturated carbocycles. The molecule has 34 heavy (non-hydrogen) atoms. The minimum atomic E-state index is -0.509. The molecule has 10 heteroatoms. The molecule has 0 unspecified atom stereocenters. The maximum Gasteiger partial charge on any atom is 0.341 e. The molecule has 0 spiro atoms. The molecule has 1 aliphatic rings. The van der Waals surface area contributed by atoms with Gasteiger partial charge >= 0.3 is 11.7 Å². The third-order valence-electron chi connectivity index (χ3n) is 5.44. The Balaban J connectivity index is 1.48. The number of thiophene rings is 1. The lowest BCUT2D eigenvalue weighted by Gasteiger charge is -2.12. The molecule has 0 aliphatic heterocycles. The minimum absolute atomic E-state index is 0.0400. The number of hydrogen-bond acceptors (Lipinski definition) is 8. The first kappa shape index (κ1) is 23.5. The standard InChI is InChI=1S/C24H24N2O7S/c1-3-31-24(28)21-16-6-4-5-7-20(16)34-23(21)25-22(27)19-11-9-15(33-19)13-32-18-10-8-14(2)12-17(18)26(29)30/h8-12H,3-7,13H2,1-2H3,(H,25,27). The number of ether oxygens (including phenoxy) is 2. The molecule has 1 aliphatic carbocycles. The largest absolute Gasteiger partial charge is 0.479 e. The minimum Gasteiger partial charge on any atom is -0.479 e. The van der Waals surface area contributed by atoms with Gasteiger partial charge in [-0.15, -0.1) is 11.3 Å². The lowest BCUT2D eigenvalue weighted by molar-refractivity contribution is -0.386. The lowest BCUT2D eigenvalue weighted by Crippen LogP contribution is -2.15. The van der Waals surface area contributed by atoms with E-state index < -0.39 is 16.8 Å². The zero-order chi connectivity index (χ0) is 24.2. The van der Waals surface area contributed by atoms with Crippen molar-refractivity contribution in [3.8, 4) is 5.75 Å². The maximum atomic E-state index is 12.8. The molecule has 0 radical (unpaired) electrons. The molecule has 1 aromatic carbocycles. The predicted octanol–water partition coefficient (Wildman–Crippen LogP) is 5.44. The van der Waals surface area contributed by atoms with Gasteiger partial charge in [0.1, 0.15) is 17.4 Å². The highest BCUT2D eigenvalue weighted by molar-refractivity contribution is 7.17. The van der Waals surface area contributed by atoms with Gasteiger partial charge in [0.2, 0.25) is 0 Å². The van der Waals surface area contributed by atoms with Crippen LogP contribution in [0.1, 0.15) is 62.4 Å². The Hall–Kier alpha value is -3.66. The van der Waals surface area contributed by atoms with Gasteiger partial charge in [0, 0.05) is 10.9 Å². The second-order valence-electron chi connectivity index (χ2n) is 7.87. The van der Waals surface area contributed by atoms with Gasteiger partial charge in [0.05, 0.1) is 17.1 Å². The molecular formula is C24H24N2O7S. The van der Waals surface area contributed by atoms with Crippen molar-refractivity contribution in [3.63, 3.8) is 0 Å². The van der Waals surface area contributed by atoms with E-state index in [1.807, 2.05) is 0 Å². The van der Waals surface area contributed by atoms with Gasteiger partial charge in [-0.05, 0) is 68.9 Å². The number of esters is 1. The molecule has 0 bridgehead atoms. The summed E-state index contributed by atoms with van der Waals surface area (Å²) in [6.07, 6.45) is 3.69. The molecule has 178 valence electrons. The second-order valence-corrected chi connectivity index (χ2v) is 8.98. The average Bonchev–Trinajstić information content (AvgIpc) is 3.42. The van der Waals surface area contributed by atoms with E-state index in [-0.39, 0.29) is 30.4 Å². The number of hydrogen-bond donors (Lipinski definition) is 1. The number of nitrogens with zero attached hydrogens (tertiary/aromatic N) is 1. The van der Waals surface area contributed by atoms with E-state index in [0.29, 0.717) is 16.3 Å². The third kappa shape index (κ3) is 4.96. The summed E-state index contributed by atoms with van der Waals surface area (Å²) in [5.41, 5.74) is 1.99. The molecule has 9 nitrogen and oxygen atoms in total. The van der Waals surface area contributed by atoms with Crippen LogP contribution in [0.3, 0.4) is 0 Å². The predicted molar refractivity (Wildman–Crippen MR) is 126 cm³/mol. The molecule has 1 amide bonds. The van der Waals surface area contributed by atoms with Gasteiger partial charge in [-0.3, -0.25) is 14.9 Å². The van der Waals surface area contributed by atoms with Crippen molar-refractivity contribution >= 4 is 33.9 Å². The summed E-state index contributed by atoms with van der Waals surface area (Å²) >= 11 is 1.40. The number of amides is 1. The molecule has 1 N–H and O–H groups in total. The monoisotopic (exact) mass is 484 g/mol. The first-order valence-corrected chi connectivity index (χ1v) is 11.8.